The van der Waals surface area contributed by atoms with Gasteiger partial charge in [0.25, 0.3) is 0 Å². The third kappa shape index (κ3) is 1.63. The maximum atomic E-state index is 6.52. The van der Waals surface area contributed by atoms with Gasteiger partial charge in [0.2, 0.25) is 0 Å². The summed E-state index contributed by atoms with van der Waals surface area (Å²) in [5.41, 5.74) is 14.6. The Morgan fingerprint density at radius 3 is 2.80 bits per heavy atom. The van der Waals surface area contributed by atoms with Gasteiger partial charge in [-0.2, -0.15) is 5.53 Å². The van der Waals surface area contributed by atoms with E-state index in [-0.39, 0.29) is 12.3 Å². The molecule has 0 aromatic rings. The highest BCUT2D eigenvalue weighted by atomic mass is 15.5. The van der Waals surface area contributed by atoms with E-state index in [1.165, 1.54) is 0 Å². The molecule has 10 heavy (non-hydrogen) atoms. The highest BCUT2D eigenvalue weighted by Crippen LogP contribution is 1.86. The first kappa shape index (κ1) is 7.39. The van der Waals surface area contributed by atoms with Gasteiger partial charge in [0.05, 0.1) is 6.17 Å². The molecule has 0 radical (unpaired) electrons. The maximum absolute atomic E-state index is 6.52. The van der Waals surface area contributed by atoms with Crippen molar-refractivity contribution in [1.82, 2.24) is 16.1 Å². The largest absolute Gasteiger partial charge is 0.313 e. The third-order valence-electron chi connectivity index (χ3n) is 1.43. The molecule has 6 N–H and O–H groups in total. The summed E-state index contributed by atoms with van der Waals surface area (Å²) in [5.74, 6) is 0. The summed E-state index contributed by atoms with van der Waals surface area (Å²) in [4.78, 5) is 0. The molecule has 0 aromatic carbocycles. The van der Waals surface area contributed by atoms with Crippen molar-refractivity contribution in [3.05, 3.63) is 0 Å². The van der Waals surface area contributed by atoms with Crippen molar-refractivity contribution < 1.29 is 0 Å². The second kappa shape index (κ2) is 3.45. The summed E-state index contributed by atoms with van der Waals surface area (Å²) < 4.78 is 0. The molecule has 0 spiro atoms. The van der Waals surface area contributed by atoms with Crippen LogP contribution in [-0.2, 0) is 0 Å². The van der Waals surface area contributed by atoms with E-state index in [1.54, 1.807) is 0 Å². The second-order valence-corrected chi connectivity index (χ2v) is 2.15. The predicted molar refractivity (Wildman–Crippen MR) is 36.1 cm³/mol. The van der Waals surface area contributed by atoms with Crippen LogP contribution in [0, 0.1) is 5.53 Å². The zero-order valence-electron chi connectivity index (χ0n) is 5.59. The fraction of sp³-hybridized carbons (Fsp3) is 1.00. The van der Waals surface area contributed by atoms with Crippen molar-refractivity contribution >= 4 is 0 Å². The summed E-state index contributed by atoms with van der Waals surface area (Å²) in [6.07, 6.45) is -0.283. The zero-order chi connectivity index (χ0) is 7.40. The lowest BCUT2D eigenvalue weighted by Crippen LogP contribution is -2.64. The van der Waals surface area contributed by atoms with E-state index in [0.29, 0.717) is 0 Å². The normalized spacial score (nSPS) is 33.3. The lowest BCUT2D eigenvalue weighted by molar-refractivity contribution is 0.279. The molecule has 1 aliphatic rings. The standard InChI is InChI=1S/C4H12N6/c5-3-4(9-10-6)8-2-1-7-3/h3-4,7-8H,1-2,5H2,(H2,6,9). The Bertz CT molecular complexity index is 114. The molecule has 1 rings (SSSR count). The molecule has 1 heterocycles. The van der Waals surface area contributed by atoms with Gasteiger partial charge >= 0.3 is 0 Å². The van der Waals surface area contributed by atoms with Gasteiger partial charge in [-0.25, -0.2) is 0 Å². The molecular weight excluding hydrogens is 132 g/mol. The number of nitrogens with zero attached hydrogens (tertiary/aromatic N) is 1. The summed E-state index contributed by atoms with van der Waals surface area (Å²) in [5, 5.41) is 9.11. The Hall–Kier alpha value is -0.720. The summed E-state index contributed by atoms with van der Waals surface area (Å²) in [7, 11) is 0. The van der Waals surface area contributed by atoms with Crippen molar-refractivity contribution in [2.24, 2.45) is 11.0 Å². The average molecular weight is 144 g/mol. The molecule has 2 atom stereocenters. The quantitative estimate of drug-likeness (QED) is 0.236. The van der Waals surface area contributed by atoms with Gasteiger partial charge in [0.15, 0.2) is 0 Å². The fourth-order valence-electron chi connectivity index (χ4n) is 0.907. The lowest BCUT2D eigenvalue weighted by atomic mass is 10.3. The van der Waals surface area contributed by atoms with Gasteiger partial charge in [-0.3, -0.25) is 16.1 Å². The predicted octanol–water partition coefficient (Wildman–Crippen LogP) is -1.67. The van der Waals surface area contributed by atoms with E-state index in [0.717, 1.165) is 13.1 Å². The maximum Gasteiger partial charge on any atom is 0.124 e. The SMILES string of the molecule is N=NNC1NCCNC1N. The molecule has 0 aliphatic carbocycles. The van der Waals surface area contributed by atoms with Gasteiger partial charge in [-0.1, -0.05) is 5.22 Å². The van der Waals surface area contributed by atoms with Crippen LogP contribution in [-0.4, -0.2) is 25.4 Å². The first-order chi connectivity index (χ1) is 4.84. The van der Waals surface area contributed by atoms with Gasteiger partial charge in [-0.15, -0.1) is 0 Å². The Balaban J connectivity index is 2.32. The highest BCUT2D eigenvalue weighted by Gasteiger charge is 2.19. The molecule has 1 fully saturated rings. The third-order valence-corrected chi connectivity index (χ3v) is 1.43. The Morgan fingerprint density at radius 2 is 2.20 bits per heavy atom. The molecule has 0 bridgehead atoms. The number of hydrogen-bond donors (Lipinski definition) is 5. The van der Waals surface area contributed by atoms with Crippen LogP contribution < -0.4 is 21.8 Å². The van der Waals surface area contributed by atoms with E-state index >= 15 is 0 Å². The molecular formula is C4H12N6. The van der Waals surface area contributed by atoms with E-state index in [1.807, 2.05) is 0 Å². The second-order valence-electron chi connectivity index (χ2n) is 2.15. The minimum atomic E-state index is -0.164. The van der Waals surface area contributed by atoms with Crippen LogP contribution in [0.4, 0.5) is 0 Å². The van der Waals surface area contributed by atoms with Crippen molar-refractivity contribution in [2.75, 3.05) is 13.1 Å². The zero-order valence-corrected chi connectivity index (χ0v) is 5.59. The molecule has 58 valence electrons. The molecule has 0 amide bonds. The van der Waals surface area contributed by atoms with Crippen LogP contribution in [0.15, 0.2) is 5.22 Å². The van der Waals surface area contributed by atoms with E-state index in [4.69, 9.17) is 11.3 Å². The first-order valence-corrected chi connectivity index (χ1v) is 3.19. The van der Waals surface area contributed by atoms with Crippen molar-refractivity contribution in [1.29, 1.82) is 5.53 Å². The summed E-state index contributed by atoms with van der Waals surface area (Å²) in [6.45, 7) is 1.71. The molecule has 6 nitrogen and oxygen atoms in total. The number of nitrogens with two attached hydrogens (primary N) is 1. The minimum Gasteiger partial charge on any atom is -0.313 e. The number of hydrogen-bond acceptors (Lipinski definition) is 5. The van der Waals surface area contributed by atoms with Gasteiger partial charge < -0.3 is 5.73 Å². The first-order valence-electron chi connectivity index (χ1n) is 3.19. The van der Waals surface area contributed by atoms with Crippen LogP contribution in [0.5, 0.6) is 0 Å². The Morgan fingerprint density at radius 1 is 1.50 bits per heavy atom. The number of rotatable bonds is 2. The fourth-order valence-corrected chi connectivity index (χ4v) is 0.907. The molecule has 1 saturated heterocycles. The molecule has 0 aromatic heterocycles. The van der Waals surface area contributed by atoms with E-state index < -0.39 is 0 Å². The van der Waals surface area contributed by atoms with Crippen molar-refractivity contribution in [3.8, 4) is 0 Å². The van der Waals surface area contributed by atoms with Crippen LogP contribution in [0.3, 0.4) is 0 Å². The molecule has 2 unspecified atom stereocenters. The molecule has 0 saturated carbocycles. The molecule has 1 aliphatic heterocycles. The van der Waals surface area contributed by atoms with Gasteiger partial charge in [0.1, 0.15) is 6.17 Å². The highest BCUT2D eigenvalue weighted by molar-refractivity contribution is 4.78. The lowest BCUT2D eigenvalue weighted by Gasteiger charge is -2.29. The van der Waals surface area contributed by atoms with Crippen molar-refractivity contribution in [3.63, 3.8) is 0 Å². The van der Waals surface area contributed by atoms with E-state index in [2.05, 4.69) is 21.3 Å². The van der Waals surface area contributed by atoms with Crippen molar-refractivity contribution in [2.45, 2.75) is 12.3 Å². The molecule has 6 heteroatoms. The minimum absolute atomic E-state index is 0.119. The van der Waals surface area contributed by atoms with Gasteiger partial charge in [0, 0.05) is 13.1 Å². The Labute approximate surface area is 59.0 Å². The van der Waals surface area contributed by atoms with Crippen LogP contribution in [0.1, 0.15) is 0 Å². The average Bonchev–Trinajstić information content (AvgIpc) is 1.94. The number of piperazine rings is 1. The van der Waals surface area contributed by atoms with E-state index in [9.17, 15) is 0 Å². The van der Waals surface area contributed by atoms with Crippen LogP contribution in [0.2, 0.25) is 0 Å². The Kier molecular flexibility index (Phi) is 2.55. The summed E-state index contributed by atoms with van der Waals surface area (Å²) >= 11 is 0. The smallest absolute Gasteiger partial charge is 0.124 e. The number of nitrogens with one attached hydrogen (secondary N) is 4. The topological polar surface area (TPSA) is 98.3 Å². The summed E-state index contributed by atoms with van der Waals surface area (Å²) in [6, 6.07) is 0. The van der Waals surface area contributed by atoms with Crippen LogP contribution >= 0.6 is 0 Å². The van der Waals surface area contributed by atoms with Gasteiger partial charge in [-0.05, 0) is 0 Å². The van der Waals surface area contributed by atoms with Crippen LogP contribution in [0.25, 0.3) is 0 Å². The monoisotopic (exact) mass is 144 g/mol.